The first-order chi connectivity index (χ1) is 11.1. The van der Waals surface area contributed by atoms with Crippen LogP contribution in [0.4, 0.5) is 0 Å². The van der Waals surface area contributed by atoms with E-state index in [9.17, 15) is 9.90 Å². The summed E-state index contributed by atoms with van der Waals surface area (Å²) >= 11 is 1.36. The van der Waals surface area contributed by atoms with Crippen LogP contribution in [0.2, 0.25) is 0 Å². The number of benzene rings is 1. The molecule has 0 spiro atoms. The number of aliphatic hydroxyl groups is 1. The molecule has 1 amide bonds. The highest BCUT2D eigenvalue weighted by Crippen LogP contribution is 2.35. The summed E-state index contributed by atoms with van der Waals surface area (Å²) in [7, 11) is 0. The number of hydrogen-bond acceptors (Lipinski definition) is 6. The second kappa shape index (κ2) is 6.49. The molecule has 7 heteroatoms. The maximum atomic E-state index is 12.3. The van der Waals surface area contributed by atoms with Crippen molar-refractivity contribution in [1.82, 2.24) is 5.32 Å². The van der Waals surface area contributed by atoms with E-state index >= 15 is 0 Å². The first kappa shape index (κ1) is 15.7. The number of oxime groups is 1. The molecule has 0 radical (unpaired) electrons. The van der Waals surface area contributed by atoms with E-state index in [0.29, 0.717) is 11.3 Å². The highest BCUT2D eigenvalue weighted by molar-refractivity contribution is 7.12. The molecular weight excluding hydrogens is 314 g/mol. The maximum absolute atomic E-state index is 12.3. The summed E-state index contributed by atoms with van der Waals surface area (Å²) in [5, 5.41) is 27.0. The lowest BCUT2D eigenvalue weighted by atomic mass is 10.0. The third kappa shape index (κ3) is 2.98. The highest BCUT2D eigenvalue weighted by atomic mass is 32.1. The van der Waals surface area contributed by atoms with E-state index in [4.69, 9.17) is 10.9 Å². The zero-order valence-corrected chi connectivity index (χ0v) is 13.0. The molecule has 0 bridgehead atoms. The van der Waals surface area contributed by atoms with Gasteiger partial charge in [0.2, 0.25) is 5.91 Å². The fraction of sp³-hybridized carbons (Fsp3) is 0.250. The van der Waals surface area contributed by atoms with Crippen LogP contribution in [0, 0.1) is 0 Å². The fourth-order valence-corrected chi connectivity index (χ4v) is 3.68. The Morgan fingerprint density at radius 1 is 1.35 bits per heavy atom. The van der Waals surface area contributed by atoms with Gasteiger partial charge in [0.1, 0.15) is 11.8 Å². The van der Waals surface area contributed by atoms with Crippen LogP contribution in [0.25, 0.3) is 0 Å². The number of amides is 1. The van der Waals surface area contributed by atoms with E-state index in [1.165, 1.54) is 11.3 Å². The van der Waals surface area contributed by atoms with Gasteiger partial charge in [0.15, 0.2) is 0 Å². The Bertz CT molecular complexity index is 729. The number of nitrogens with one attached hydrogen (secondary N) is 1. The average Bonchev–Trinajstić information content (AvgIpc) is 3.11. The van der Waals surface area contributed by atoms with Gasteiger partial charge in [-0.1, -0.05) is 35.5 Å². The van der Waals surface area contributed by atoms with Crippen LogP contribution in [0.15, 0.2) is 46.9 Å². The monoisotopic (exact) mass is 331 g/mol. The van der Waals surface area contributed by atoms with E-state index < -0.39 is 18.2 Å². The van der Waals surface area contributed by atoms with Gasteiger partial charge in [-0.15, -0.1) is 11.3 Å². The van der Waals surface area contributed by atoms with Crippen molar-refractivity contribution < 1.29 is 15.1 Å². The van der Waals surface area contributed by atoms with E-state index in [-0.39, 0.29) is 11.6 Å². The van der Waals surface area contributed by atoms with Crippen LogP contribution >= 0.6 is 11.3 Å². The van der Waals surface area contributed by atoms with Crippen molar-refractivity contribution in [3.8, 4) is 0 Å². The van der Waals surface area contributed by atoms with Crippen LogP contribution in [-0.4, -0.2) is 34.1 Å². The van der Waals surface area contributed by atoms with Gasteiger partial charge in [-0.25, -0.2) is 0 Å². The number of nitrogens with two attached hydrogens (primary N) is 1. The van der Waals surface area contributed by atoms with Gasteiger partial charge in [0.25, 0.3) is 0 Å². The topological polar surface area (TPSA) is 108 Å². The van der Waals surface area contributed by atoms with Gasteiger partial charge >= 0.3 is 0 Å². The number of nitrogens with zero attached hydrogens (tertiary/aromatic N) is 1. The number of fused-ring (bicyclic) bond motifs is 1. The van der Waals surface area contributed by atoms with Gasteiger partial charge < -0.3 is 21.4 Å². The van der Waals surface area contributed by atoms with E-state index in [0.717, 1.165) is 11.1 Å². The zero-order valence-electron chi connectivity index (χ0n) is 12.2. The lowest BCUT2D eigenvalue weighted by Gasteiger charge is -2.20. The summed E-state index contributed by atoms with van der Waals surface area (Å²) in [4.78, 5) is 13.0. The Kier molecular flexibility index (Phi) is 4.42. The number of thiophene rings is 1. The molecule has 0 aliphatic heterocycles. The van der Waals surface area contributed by atoms with Crippen molar-refractivity contribution in [2.75, 3.05) is 0 Å². The predicted molar refractivity (Wildman–Crippen MR) is 87.7 cm³/mol. The number of hydrogen-bond donors (Lipinski definition) is 4. The lowest BCUT2D eigenvalue weighted by Crippen LogP contribution is -2.46. The van der Waals surface area contributed by atoms with Crippen LogP contribution in [0.1, 0.15) is 22.0 Å². The molecule has 120 valence electrons. The van der Waals surface area contributed by atoms with Gasteiger partial charge in [0.05, 0.1) is 17.0 Å². The molecule has 5 N–H and O–H groups in total. The fourth-order valence-electron chi connectivity index (χ4n) is 2.72. The SMILES string of the molecule is NC(Cc1ccccc1)C(=O)NC1c2ccsc2/C(=N/O)C1O. The Morgan fingerprint density at radius 2 is 2.09 bits per heavy atom. The highest BCUT2D eigenvalue weighted by Gasteiger charge is 2.39. The van der Waals surface area contributed by atoms with Crippen LogP contribution in [0.3, 0.4) is 0 Å². The minimum atomic E-state index is -1.07. The predicted octanol–water partition coefficient (Wildman–Crippen LogP) is 1.03. The van der Waals surface area contributed by atoms with Gasteiger partial charge in [-0.05, 0) is 29.0 Å². The molecule has 1 aromatic heterocycles. The summed E-state index contributed by atoms with van der Waals surface area (Å²) in [5.74, 6) is -0.353. The summed E-state index contributed by atoms with van der Waals surface area (Å²) < 4.78 is 0. The minimum Gasteiger partial charge on any atom is -0.411 e. The molecule has 1 heterocycles. The van der Waals surface area contributed by atoms with Crippen molar-refractivity contribution in [1.29, 1.82) is 0 Å². The van der Waals surface area contributed by atoms with Crippen molar-refractivity contribution in [3.05, 3.63) is 57.8 Å². The molecule has 2 aromatic rings. The molecule has 1 aliphatic carbocycles. The number of carbonyl (C=O) groups excluding carboxylic acids is 1. The first-order valence-corrected chi connectivity index (χ1v) is 8.07. The van der Waals surface area contributed by atoms with Crippen molar-refractivity contribution in [2.45, 2.75) is 24.6 Å². The van der Waals surface area contributed by atoms with E-state index in [2.05, 4.69) is 10.5 Å². The van der Waals surface area contributed by atoms with Gasteiger partial charge in [0, 0.05) is 0 Å². The quantitative estimate of drug-likeness (QED) is 0.496. The smallest absolute Gasteiger partial charge is 0.237 e. The Morgan fingerprint density at radius 3 is 2.78 bits per heavy atom. The normalized spacial score (nSPS) is 22.8. The van der Waals surface area contributed by atoms with Crippen molar-refractivity contribution in [3.63, 3.8) is 0 Å². The minimum absolute atomic E-state index is 0.178. The van der Waals surface area contributed by atoms with Gasteiger partial charge in [-0.2, -0.15) is 0 Å². The Hall–Kier alpha value is -2.22. The first-order valence-electron chi connectivity index (χ1n) is 7.19. The maximum Gasteiger partial charge on any atom is 0.237 e. The molecule has 6 nitrogen and oxygen atoms in total. The Balaban J connectivity index is 1.71. The summed E-state index contributed by atoms with van der Waals surface area (Å²) in [6.07, 6.45) is -0.664. The second-order valence-corrected chi connectivity index (χ2v) is 6.33. The van der Waals surface area contributed by atoms with Crippen molar-refractivity contribution >= 4 is 23.0 Å². The number of carbonyl (C=O) groups is 1. The van der Waals surface area contributed by atoms with E-state index in [1.807, 2.05) is 35.7 Å². The molecule has 1 aliphatic rings. The van der Waals surface area contributed by atoms with Crippen LogP contribution < -0.4 is 11.1 Å². The summed E-state index contributed by atoms with van der Waals surface area (Å²) in [6, 6.07) is 9.94. The largest absolute Gasteiger partial charge is 0.411 e. The molecule has 0 saturated carbocycles. The molecule has 3 rings (SSSR count). The Labute approximate surface area is 137 Å². The third-order valence-electron chi connectivity index (χ3n) is 3.90. The molecule has 0 fully saturated rings. The number of aliphatic hydroxyl groups excluding tert-OH is 1. The van der Waals surface area contributed by atoms with Crippen LogP contribution in [-0.2, 0) is 11.2 Å². The van der Waals surface area contributed by atoms with E-state index in [1.54, 1.807) is 6.07 Å². The standard InChI is InChI=1S/C16H17N3O3S/c17-11(8-9-4-2-1-3-5-9)16(21)18-12-10-6-7-23-15(10)13(19-22)14(12)20/h1-7,11-12,14,20,22H,8,17H2,(H,18,21)/b19-13+. The number of rotatable bonds is 4. The average molecular weight is 331 g/mol. The molecule has 3 unspecified atom stereocenters. The summed E-state index contributed by atoms with van der Waals surface area (Å²) in [6.45, 7) is 0. The third-order valence-corrected chi connectivity index (χ3v) is 4.85. The molecule has 3 atom stereocenters. The molecule has 1 aromatic carbocycles. The zero-order chi connectivity index (χ0) is 16.4. The lowest BCUT2D eigenvalue weighted by molar-refractivity contribution is -0.123. The van der Waals surface area contributed by atoms with Crippen molar-refractivity contribution in [2.24, 2.45) is 10.9 Å². The van der Waals surface area contributed by atoms with Crippen LogP contribution in [0.5, 0.6) is 0 Å². The van der Waals surface area contributed by atoms with Gasteiger partial charge in [-0.3, -0.25) is 4.79 Å². The molecular formula is C16H17N3O3S. The second-order valence-electron chi connectivity index (χ2n) is 5.42. The molecule has 23 heavy (non-hydrogen) atoms. The molecule has 0 saturated heterocycles. The summed E-state index contributed by atoms with van der Waals surface area (Å²) in [5.41, 5.74) is 7.86.